The number of carbonyl (C=O) groups is 2. The molecular weight excluding hydrogens is 344 g/mol. The number of piperazine rings is 1. The molecule has 1 aliphatic rings. The fourth-order valence-corrected chi connectivity index (χ4v) is 3.48. The van der Waals surface area contributed by atoms with E-state index in [4.69, 9.17) is 10.00 Å². The molecule has 1 aromatic heterocycles. The second-order valence-electron chi connectivity index (χ2n) is 6.67. The molecule has 0 saturated carbocycles. The first-order valence-corrected chi connectivity index (χ1v) is 9.11. The first-order chi connectivity index (χ1) is 13.1. The molecule has 0 radical (unpaired) electrons. The van der Waals surface area contributed by atoms with Gasteiger partial charge in [0.1, 0.15) is 6.61 Å². The number of fused-ring (bicyclic) bond motifs is 1. The van der Waals surface area contributed by atoms with Gasteiger partial charge in [-0.1, -0.05) is 18.2 Å². The van der Waals surface area contributed by atoms with Crippen molar-refractivity contribution < 1.29 is 14.3 Å². The number of methoxy groups -OCH3 is 1. The molecule has 0 unspecified atom stereocenters. The second kappa shape index (κ2) is 8.80. The van der Waals surface area contributed by atoms with Gasteiger partial charge in [-0.05, 0) is 6.07 Å². The molecule has 1 aliphatic heterocycles. The lowest BCUT2D eigenvalue weighted by Crippen LogP contribution is -2.50. The quantitative estimate of drug-likeness (QED) is 0.693. The predicted molar refractivity (Wildman–Crippen MR) is 101 cm³/mol. The third-order valence-electron chi connectivity index (χ3n) is 4.91. The Morgan fingerprint density at radius 1 is 1.19 bits per heavy atom. The Morgan fingerprint density at radius 2 is 1.93 bits per heavy atom. The van der Waals surface area contributed by atoms with Crippen molar-refractivity contribution in [2.24, 2.45) is 0 Å². The molecule has 0 atom stereocenters. The van der Waals surface area contributed by atoms with Crippen LogP contribution in [0, 0.1) is 11.3 Å². The molecule has 0 N–H and O–H groups in total. The van der Waals surface area contributed by atoms with Gasteiger partial charge in [0.05, 0.1) is 19.0 Å². The number of aryl methyl sites for hydroxylation is 1. The van der Waals surface area contributed by atoms with Gasteiger partial charge in [-0.15, -0.1) is 0 Å². The molecule has 0 aliphatic carbocycles. The van der Waals surface area contributed by atoms with Gasteiger partial charge < -0.3 is 14.2 Å². The van der Waals surface area contributed by atoms with Crippen molar-refractivity contribution >= 4 is 22.6 Å². The van der Waals surface area contributed by atoms with Crippen LogP contribution in [0.2, 0.25) is 0 Å². The highest BCUT2D eigenvalue weighted by molar-refractivity contribution is 6.09. The topological polar surface area (TPSA) is 78.6 Å². The van der Waals surface area contributed by atoms with E-state index >= 15 is 0 Å². The van der Waals surface area contributed by atoms with Crippen molar-refractivity contribution in [3.63, 3.8) is 0 Å². The zero-order chi connectivity index (χ0) is 19.2. The minimum absolute atomic E-state index is 0.0101. The van der Waals surface area contributed by atoms with Crippen molar-refractivity contribution in [2.45, 2.75) is 13.0 Å². The number of Topliss-reactive ketones (excluding diaryl/α,β-unsaturated/α-hetero) is 1. The number of hydrogen-bond acceptors (Lipinski definition) is 5. The lowest BCUT2D eigenvalue weighted by Gasteiger charge is -2.34. The van der Waals surface area contributed by atoms with Crippen LogP contribution >= 0.6 is 0 Å². The van der Waals surface area contributed by atoms with E-state index in [9.17, 15) is 9.59 Å². The smallest absolute Gasteiger partial charge is 0.248 e. The summed E-state index contributed by atoms with van der Waals surface area (Å²) in [5.74, 6) is 0.0580. The average Bonchev–Trinajstić information content (AvgIpc) is 3.06. The van der Waals surface area contributed by atoms with Crippen molar-refractivity contribution in [1.29, 1.82) is 5.26 Å². The number of amides is 1. The standard InChI is InChI=1S/C20H24N4O3/c1-27-15-20(26)23-11-9-22(10-12-23)14-19(25)17-13-24(8-4-7-21)18-6-3-2-5-16(17)18/h2-3,5-6,13H,4,8-12,14-15H2,1H3. The van der Waals surface area contributed by atoms with Crippen molar-refractivity contribution in [1.82, 2.24) is 14.4 Å². The number of nitrogens with zero attached hydrogens (tertiary/aromatic N) is 4. The maximum atomic E-state index is 12.9. The number of para-hydroxylation sites is 1. The summed E-state index contributed by atoms with van der Waals surface area (Å²) >= 11 is 0. The molecule has 2 heterocycles. The lowest BCUT2D eigenvalue weighted by molar-refractivity contribution is -0.136. The monoisotopic (exact) mass is 368 g/mol. The van der Waals surface area contributed by atoms with Crippen LogP contribution in [0.1, 0.15) is 16.8 Å². The molecular formula is C20H24N4O3. The Labute approximate surface area is 158 Å². The Kier molecular flexibility index (Phi) is 6.22. The molecule has 1 saturated heterocycles. The SMILES string of the molecule is COCC(=O)N1CCN(CC(=O)c2cn(CCC#N)c3ccccc23)CC1. The fraction of sp³-hybridized carbons (Fsp3) is 0.450. The summed E-state index contributed by atoms with van der Waals surface area (Å²) in [6.45, 7) is 3.58. The Balaban J connectivity index is 1.67. The Morgan fingerprint density at radius 3 is 2.63 bits per heavy atom. The van der Waals surface area contributed by atoms with Crippen LogP contribution in [-0.2, 0) is 16.1 Å². The summed E-state index contributed by atoms with van der Waals surface area (Å²) in [6, 6.07) is 9.94. The summed E-state index contributed by atoms with van der Waals surface area (Å²) in [4.78, 5) is 28.6. The van der Waals surface area contributed by atoms with Gasteiger partial charge in [-0.25, -0.2) is 0 Å². The van der Waals surface area contributed by atoms with Crippen LogP contribution in [0.4, 0.5) is 0 Å². The van der Waals surface area contributed by atoms with E-state index in [1.54, 1.807) is 4.90 Å². The van der Waals surface area contributed by atoms with E-state index < -0.39 is 0 Å². The van der Waals surface area contributed by atoms with Gasteiger partial charge in [-0.2, -0.15) is 5.26 Å². The van der Waals surface area contributed by atoms with E-state index in [1.807, 2.05) is 35.0 Å². The highest BCUT2D eigenvalue weighted by atomic mass is 16.5. The largest absolute Gasteiger partial charge is 0.375 e. The Bertz CT molecular complexity index is 860. The second-order valence-corrected chi connectivity index (χ2v) is 6.67. The normalized spacial score (nSPS) is 15.0. The van der Waals surface area contributed by atoms with Gasteiger partial charge in [-0.3, -0.25) is 14.5 Å². The number of nitriles is 1. The molecule has 7 nitrogen and oxygen atoms in total. The number of hydrogen-bond donors (Lipinski definition) is 0. The molecule has 1 fully saturated rings. The van der Waals surface area contributed by atoms with Gasteiger partial charge in [0.2, 0.25) is 5.91 Å². The minimum atomic E-state index is -0.0101. The molecule has 1 aromatic carbocycles. The maximum Gasteiger partial charge on any atom is 0.248 e. The molecule has 1 amide bonds. The summed E-state index contributed by atoms with van der Waals surface area (Å²) in [7, 11) is 1.51. The van der Waals surface area contributed by atoms with E-state index in [2.05, 4.69) is 11.0 Å². The number of aromatic nitrogens is 1. The van der Waals surface area contributed by atoms with E-state index in [0.717, 1.165) is 10.9 Å². The van der Waals surface area contributed by atoms with Crippen LogP contribution in [-0.4, -0.2) is 72.5 Å². The first kappa shape index (κ1) is 19.1. The summed E-state index contributed by atoms with van der Waals surface area (Å²) in [6.07, 6.45) is 2.27. The number of ether oxygens (including phenoxy) is 1. The molecule has 142 valence electrons. The summed E-state index contributed by atoms with van der Waals surface area (Å²) in [5.41, 5.74) is 1.67. The molecule has 0 spiro atoms. The van der Waals surface area contributed by atoms with Gasteiger partial charge in [0.15, 0.2) is 5.78 Å². The van der Waals surface area contributed by atoms with E-state index in [-0.39, 0.29) is 18.3 Å². The summed E-state index contributed by atoms with van der Waals surface area (Å²) < 4.78 is 6.88. The zero-order valence-corrected chi connectivity index (χ0v) is 15.6. The number of rotatable bonds is 7. The average molecular weight is 368 g/mol. The van der Waals surface area contributed by atoms with Gasteiger partial charge >= 0.3 is 0 Å². The third-order valence-corrected chi connectivity index (χ3v) is 4.91. The van der Waals surface area contributed by atoms with Crippen LogP contribution in [0.25, 0.3) is 10.9 Å². The number of benzene rings is 1. The molecule has 3 rings (SSSR count). The molecule has 2 aromatic rings. The molecule has 27 heavy (non-hydrogen) atoms. The first-order valence-electron chi connectivity index (χ1n) is 9.11. The van der Waals surface area contributed by atoms with Crippen molar-refractivity contribution in [2.75, 3.05) is 46.4 Å². The van der Waals surface area contributed by atoms with Crippen molar-refractivity contribution in [3.05, 3.63) is 36.0 Å². The highest BCUT2D eigenvalue weighted by Crippen LogP contribution is 2.22. The Hall–Kier alpha value is -2.69. The maximum absolute atomic E-state index is 12.9. The highest BCUT2D eigenvalue weighted by Gasteiger charge is 2.23. The number of ketones is 1. The third kappa shape index (κ3) is 4.35. The van der Waals surface area contributed by atoms with Crippen LogP contribution < -0.4 is 0 Å². The zero-order valence-electron chi connectivity index (χ0n) is 15.6. The summed E-state index contributed by atoms with van der Waals surface area (Å²) in [5, 5.41) is 9.78. The fourth-order valence-electron chi connectivity index (χ4n) is 3.48. The van der Waals surface area contributed by atoms with Gasteiger partial charge in [0, 0.05) is 62.5 Å². The lowest BCUT2D eigenvalue weighted by atomic mass is 10.1. The van der Waals surface area contributed by atoms with Crippen LogP contribution in [0.3, 0.4) is 0 Å². The van der Waals surface area contributed by atoms with Gasteiger partial charge in [0.25, 0.3) is 0 Å². The minimum Gasteiger partial charge on any atom is -0.375 e. The van der Waals surface area contributed by atoms with E-state index in [1.165, 1.54) is 7.11 Å². The van der Waals surface area contributed by atoms with Crippen LogP contribution in [0.5, 0.6) is 0 Å². The van der Waals surface area contributed by atoms with Crippen LogP contribution in [0.15, 0.2) is 30.5 Å². The molecule has 7 heteroatoms. The van der Waals surface area contributed by atoms with Crippen molar-refractivity contribution in [3.8, 4) is 6.07 Å². The van der Waals surface area contributed by atoms with E-state index in [0.29, 0.717) is 51.3 Å². The molecule has 0 bridgehead atoms. The number of carbonyl (C=O) groups excluding carboxylic acids is 2. The predicted octanol–water partition coefficient (Wildman–Crippen LogP) is 1.53.